The summed E-state index contributed by atoms with van der Waals surface area (Å²) in [5.74, 6) is -0.741. The first-order valence-corrected chi connectivity index (χ1v) is 8.08. The van der Waals surface area contributed by atoms with E-state index in [-0.39, 0.29) is 23.7 Å². The number of anilines is 2. The van der Waals surface area contributed by atoms with Gasteiger partial charge in [-0.2, -0.15) is 0 Å². The van der Waals surface area contributed by atoms with Crippen LogP contribution in [0.3, 0.4) is 0 Å². The molecule has 0 fully saturated rings. The lowest BCUT2D eigenvalue weighted by Gasteiger charge is -2.22. The molecule has 0 aliphatic heterocycles. The molecule has 5 heteroatoms. The molecule has 24 heavy (non-hydrogen) atoms. The number of halogens is 1. The molecule has 2 amide bonds. The highest BCUT2D eigenvalue weighted by molar-refractivity contribution is 6.30. The van der Waals surface area contributed by atoms with Gasteiger partial charge in [-0.05, 0) is 35.2 Å². The largest absolute Gasteiger partial charge is 0.326 e. The van der Waals surface area contributed by atoms with Gasteiger partial charge in [0.1, 0.15) is 6.42 Å². The maximum Gasteiger partial charge on any atom is 0.233 e. The Morgan fingerprint density at radius 3 is 2.29 bits per heavy atom. The molecule has 0 radical (unpaired) electrons. The summed E-state index contributed by atoms with van der Waals surface area (Å²) in [6.07, 6.45) is -0.259. The second-order valence-corrected chi connectivity index (χ2v) is 7.02. The summed E-state index contributed by atoms with van der Waals surface area (Å²) < 4.78 is 0. The lowest BCUT2D eigenvalue weighted by molar-refractivity contribution is -0.123. The minimum atomic E-state index is -0.386. The van der Waals surface area contributed by atoms with Gasteiger partial charge in [-0.1, -0.05) is 56.6 Å². The van der Waals surface area contributed by atoms with Crippen LogP contribution in [0.2, 0.25) is 5.02 Å². The Balaban J connectivity index is 2.00. The summed E-state index contributed by atoms with van der Waals surface area (Å²) in [7, 11) is 0. The van der Waals surface area contributed by atoms with Crippen LogP contribution in [0.5, 0.6) is 0 Å². The lowest BCUT2D eigenvalue weighted by atomic mass is 9.86. The van der Waals surface area contributed by atoms with Crippen molar-refractivity contribution in [3.05, 3.63) is 59.1 Å². The van der Waals surface area contributed by atoms with E-state index < -0.39 is 0 Å². The lowest BCUT2D eigenvalue weighted by Crippen LogP contribution is -2.23. The van der Waals surface area contributed by atoms with Crippen molar-refractivity contribution in [1.29, 1.82) is 0 Å². The first kappa shape index (κ1) is 18.0. The van der Waals surface area contributed by atoms with Crippen LogP contribution in [0.1, 0.15) is 32.8 Å². The van der Waals surface area contributed by atoms with E-state index in [4.69, 9.17) is 11.6 Å². The van der Waals surface area contributed by atoms with Gasteiger partial charge < -0.3 is 10.6 Å². The van der Waals surface area contributed by atoms with Crippen LogP contribution in [0.4, 0.5) is 11.4 Å². The van der Waals surface area contributed by atoms with Crippen molar-refractivity contribution < 1.29 is 9.59 Å². The van der Waals surface area contributed by atoms with Crippen molar-refractivity contribution in [2.45, 2.75) is 32.6 Å². The van der Waals surface area contributed by atoms with Crippen LogP contribution in [-0.2, 0) is 15.0 Å². The van der Waals surface area contributed by atoms with Gasteiger partial charge in [0.25, 0.3) is 0 Å². The monoisotopic (exact) mass is 344 g/mol. The van der Waals surface area contributed by atoms with Crippen molar-refractivity contribution in [3.8, 4) is 0 Å². The number of amides is 2. The third-order valence-corrected chi connectivity index (χ3v) is 3.67. The number of hydrogen-bond acceptors (Lipinski definition) is 2. The molecule has 0 atom stereocenters. The highest BCUT2D eigenvalue weighted by atomic mass is 35.5. The topological polar surface area (TPSA) is 58.2 Å². The van der Waals surface area contributed by atoms with Gasteiger partial charge in [-0.15, -0.1) is 0 Å². The Morgan fingerprint density at radius 1 is 0.958 bits per heavy atom. The van der Waals surface area contributed by atoms with E-state index in [0.717, 1.165) is 11.3 Å². The smallest absolute Gasteiger partial charge is 0.233 e. The van der Waals surface area contributed by atoms with E-state index in [1.807, 2.05) is 24.3 Å². The van der Waals surface area contributed by atoms with Gasteiger partial charge in [-0.3, -0.25) is 9.59 Å². The Labute approximate surface area is 147 Å². The zero-order chi connectivity index (χ0) is 17.7. The number of benzene rings is 2. The Bertz CT molecular complexity index is 751. The number of hydrogen-bond donors (Lipinski definition) is 2. The Hall–Kier alpha value is -2.33. The maximum absolute atomic E-state index is 12.2. The summed E-state index contributed by atoms with van der Waals surface area (Å²) in [6, 6.07) is 14.4. The first-order chi connectivity index (χ1) is 11.3. The van der Waals surface area contributed by atoms with E-state index in [9.17, 15) is 9.59 Å². The van der Waals surface area contributed by atoms with E-state index in [2.05, 4.69) is 31.4 Å². The van der Waals surface area contributed by atoms with E-state index in [1.54, 1.807) is 24.3 Å². The molecule has 0 aliphatic rings. The normalized spacial score (nSPS) is 11.0. The molecule has 4 nitrogen and oxygen atoms in total. The number of carbonyl (C=O) groups is 2. The molecule has 0 saturated carbocycles. The molecule has 0 heterocycles. The molecule has 2 rings (SSSR count). The van der Waals surface area contributed by atoms with Crippen molar-refractivity contribution in [1.82, 2.24) is 0 Å². The Kier molecular flexibility index (Phi) is 5.62. The zero-order valence-corrected chi connectivity index (χ0v) is 14.8. The van der Waals surface area contributed by atoms with Crippen LogP contribution in [0, 0.1) is 0 Å². The molecule has 2 aromatic carbocycles. The molecule has 0 spiro atoms. The number of carbonyl (C=O) groups excluding carboxylic acids is 2. The van der Waals surface area contributed by atoms with Crippen LogP contribution in [0.15, 0.2) is 48.5 Å². The summed E-state index contributed by atoms with van der Waals surface area (Å²) >= 11 is 5.87. The van der Waals surface area contributed by atoms with Gasteiger partial charge in [0.15, 0.2) is 0 Å². The van der Waals surface area contributed by atoms with Gasteiger partial charge in [-0.25, -0.2) is 0 Å². The highest BCUT2D eigenvalue weighted by Gasteiger charge is 2.19. The number of nitrogens with one attached hydrogen (secondary N) is 2. The summed E-state index contributed by atoms with van der Waals surface area (Å²) in [5, 5.41) is 6.00. The number of rotatable bonds is 4. The third-order valence-electron chi connectivity index (χ3n) is 3.44. The average Bonchev–Trinajstić information content (AvgIpc) is 2.46. The van der Waals surface area contributed by atoms with Crippen molar-refractivity contribution in [2.75, 3.05) is 10.6 Å². The van der Waals surface area contributed by atoms with Crippen LogP contribution in [0.25, 0.3) is 0 Å². The second-order valence-electron chi connectivity index (χ2n) is 6.58. The molecule has 2 aromatic rings. The van der Waals surface area contributed by atoms with Crippen molar-refractivity contribution in [2.24, 2.45) is 0 Å². The second kappa shape index (κ2) is 7.49. The predicted octanol–water partition coefficient (Wildman–Crippen LogP) is 4.60. The molecule has 2 N–H and O–H groups in total. The summed E-state index contributed by atoms with van der Waals surface area (Å²) in [6.45, 7) is 6.22. The fourth-order valence-electron chi connectivity index (χ4n) is 2.36. The molecular weight excluding hydrogens is 324 g/mol. The first-order valence-electron chi connectivity index (χ1n) is 7.70. The molecule has 126 valence electrons. The van der Waals surface area contributed by atoms with Gasteiger partial charge >= 0.3 is 0 Å². The summed E-state index contributed by atoms with van der Waals surface area (Å²) in [4.78, 5) is 24.2. The quantitative estimate of drug-likeness (QED) is 0.796. The average molecular weight is 345 g/mol. The van der Waals surface area contributed by atoms with Gasteiger partial charge in [0.05, 0.1) is 0 Å². The number of para-hydroxylation sites is 1. The fraction of sp³-hybridized carbons (Fsp3) is 0.263. The summed E-state index contributed by atoms with van der Waals surface area (Å²) in [5.41, 5.74) is 2.21. The Morgan fingerprint density at radius 2 is 1.62 bits per heavy atom. The molecule has 0 bridgehead atoms. The molecule has 0 aromatic heterocycles. The standard InChI is InChI=1S/C19H21ClN2O2/c1-19(2,3)15-9-4-5-10-16(15)22-18(24)12-17(23)21-14-8-6-7-13(20)11-14/h4-11H,12H2,1-3H3,(H,21,23)(H,22,24). The molecule has 0 saturated heterocycles. The van der Waals surface area contributed by atoms with Gasteiger partial charge in [0.2, 0.25) is 11.8 Å². The molecule has 0 unspecified atom stereocenters. The fourth-order valence-corrected chi connectivity index (χ4v) is 2.55. The van der Waals surface area contributed by atoms with Crippen molar-refractivity contribution >= 4 is 34.8 Å². The van der Waals surface area contributed by atoms with E-state index >= 15 is 0 Å². The van der Waals surface area contributed by atoms with Crippen LogP contribution >= 0.6 is 11.6 Å². The van der Waals surface area contributed by atoms with Crippen molar-refractivity contribution in [3.63, 3.8) is 0 Å². The third kappa shape index (κ3) is 5.10. The molecule has 0 aliphatic carbocycles. The van der Waals surface area contributed by atoms with E-state index in [1.165, 1.54) is 0 Å². The minimum Gasteiger partial charge on any atom is -0.326 e. The zero-order valence-electron chi connectivity index (χ0n) is 14.0. The van der Waals surface area contributed by atoms with Crippen LogP contribution in [-0.4, -0.2) is 11.8 Å². The maximum atomic E-state index is 12.2. The SMILES string of the molecule is CC(C)(C)c1ccccc1NC(=O)CC(=O)Nc1cccc(Cl)c1. The van der Waals surface area contributed by atoms with Gasteiger partial charge in [0, 0.05) is 16.4 Å². The minimum absolute atomic E-state index is 0.104. The van der Waals surface area contributed by atoms with E-state index in [0.29, 0.717) is 10.7 Å². The molecular formula is C19H21ClN2O2. The highest BCUT2D eigenvalue weighted by Crippen LogP contribution is 2.29. The predicted molar refractivity (Wildman–Crippen MR) is 98.5 cm³/mol. The van der Waals surface area contributed by atoms with Crippen LogP contribution < -0.4 is 10.6 Å².